The largest absolute Gasteiger partial charge is 0.493 e. The highest BCUT2D eigenvalue weighted by molar-refractivity contribution is 6.13. The van der Waals surface area contributed by atoms with Gasteiger partial charge >= 0.3 is 5.97 Å². The number of aliphatic imine (C=N–C) groups is 1. The monoisotopic (exact) mass is 394 g/mol. The van der Waals surface area contributed by atoms with E-state index < -0.39 is 10.9 Å². The molecule has 0 spiro atoms. The second kappa shape index (κ2) is 8.39. The van der Waals surface area contributed by atoms with E-state index in [2.05, 4.69) is 11.6 Å². The number of carbonyl (C=O) groups is 1. The number of hydrogen-bond donors (Lipinski definition) is 0. The van der Waals surface area contributed by atoms with Gasteiger partial charge in [0.15, 0.2) is 17.2 Å². The zero-order chi connectivity index (χ0) is 21.0. The molecule has 8 heteroatoms. The van der Waals surface area contributed by atoms with E-state index in [-0.39, 0.29) is 17.3 Å². The summed E-state index contributed by atoms with van der Waals surface area (Å²) in [4.78, 5) is 27.0. The van der Waals surface area contributed by atoms with Crippen LogP contribution in [0.2, 0.25) is 0 Å². The lowest BCUT2D eigenvalue weighted by Crippen LogP contribution is -2.06. The van der Waals surface area contributed by atoms with Crippen molar-refractivity contribution < 1.29 is 23.9 Å². The van der Waals surface area contributed by atoms with E-state index >= 15 is 0 Å². The molecule has 8 nitrogen and oxygen atoms in total. The number of esters is 1. The van der Waals surface area contributed by atoms with Crippen molar-refractivity contribution in [2.45, 2.75) is 6.92 Å². The number of ether oxygens (including phenoxy) is 3. The molecule has 2 aromatic carbocycles. The summed E-state index contributed by atoms with van der Waals surface area (Å²) < 4.78 is 16.0. The molecule has 0 saturated heterocycles. The highest BCUT2D eigenvalue weighted by atomic mass is 16.6. The van der Waals surface area contributed by atoms with Crippen LogP contribution in [0.5, 0.6) is 11.5 Å². The van der Waals surface area contributed by atoms with Crippen LogP contribution in [0.1, 0.15) is 16.7 Å². The van der Waals surface area contributed by atoms with E-state index in [9.17, 15) is 14.9 Å². The van der Waals surface area contributed by atoms with Crippen molar-refractivity contribution in [3.05, 3.63) is 81.6 Å². The Bertz CT molecular complexity index is 1060. The second-order valence-electron chi connectivity index (χ2n) is 6.10. The number of cyclic esters (lactones) is 1. The summed E-state index contributed by atoms with van der Waals surface area (Å²) in [6, 6.07) is 9.68. The third-order valence-corrected chi connectivity index (χ3v) is 4.12. The summed E-state index contributed by atoms with van der Waals surface area (Å²) in [5.74, 6) is 0.405. The number of methoxy groups -OCH3 is 1. The van der Waals surface area contributed by atoms with Crippen molar-refractivity contribution in [3.63, 3.8) is 0 Å². The number of hydrogen-bond acceptors (Lipinski definition) is 7. The van der Waals surface area contributed by atoms with Crippen LogP contribution < -0.4 is 9.47 Å². The number of benzene rings is 2. The zero-order valence-corrected chi connectivity index (χ0v) is 15.9. The smallest absolute Gasteiger partial charge is 0.363 e. The van der Waals surface area contributed by atoms with Gasteiger partial charge in [0.05, 0.1) is 12.0 Å². The summed E-state index contributed by atoms with van der Waals surface area (Å²) in [7, 11) is 1.51. The molecule has 3 rings (SSSR count). The molecule has 1 aliphatic rings. The maximum Gasteiger partial charge on any atom is 0.363 e. The summed E-state index contributed by atoms with van der Waals surface area (Å²) in [5, 5.41) is 11.1. The highest BCUT2D eigenvalue weighted by Crippen LogP contribution is 2.30. The summed E-state index contributed by atoms with van der Waals surface area (Å²) in [6.45, 7) is 5.56. The normalized spacial score (nSPS) is 14.3. The Morgan fingerprint density at radius 3 is 2.72 bits per heavy atom. The molecule has 0 fully saturated rings. The van der Waals surface area contributed by atoms with Gasteiger partial charge < -0.3 is 14.2 Å². The lowest BCUT2D eigenvalue weighted by molar-refractivity contribution is -0.385. The molecule has 0 N–H and O–H groups in total. The quantitative estimate of drug-likeness (QED) is 0.233. The molecule has 0 aromatic heterocycles. The highest BCUT2D eigenvalue weighted by Gasteiger charge is 2.26. The molecule has 0 unspecified atom stereocenters. The fraction of sp³-hybridized carbons (Fsp3) is 0.143. The lowest BCUT2D eigenvalue weighted by Gasteiger charge is -2.09. The van der Waals surface area contributed by atoms with Gasteiger partial charge in [0.2, 0.25) is 5.90 Å². The number of nitro groups is 1. The fourth-order valence-corrected chi connectivity index (χ4v) is 2.67. The van der Waals surface area contributed by atoms with Gasteiger partial charge in [0, 0.05) is 17.2 Å². The molecule has 2 aromatic rings. The first-order valence-corrected chi connectivity index (χ1v) is 8.62. The molecule has 0 aliphatic carbocycles. The Morgan fingerprint density at radius 1 is 1.24 bits per heavy atom. The van der Waals surface area contributed by atoms with Crippen LogP contribution in [0.3, 0.4) is 0 Å². The Hall–Kier alpha value is -3.94. The van der Waals surface area contributed by atoms with Crippen LogP contribution in [0.15, 0.2) is 59.7 Å². The topological polar surface area (TPSA) is 100 Å². The molecule has 0 radical (unpaired) electrons. The first kappa shape index (κ1) is 19.8. The molecule has 0 atom stereocenters. The summed E-state index contributed by atoms with van der Waals surface area (Å²) in [6.07, 6.45) is 3.16. The SMILES string of the molecule is C=CCOc1ccc(/C=C2/N=C(c3ccc(C)c([N+](=O)[O-])c3)OC2=O)cc1OC. The molecule has 1 heterocycles. The standard InChI is InChI=1S/C21H18N2O6/c1-4-9-28-18-8-6-14(11-19(18)27-3)10-16-21(24)29-20(22-16)15-7-5-13(2)17(12-15)23(25)26/h4-8,10-12H,1,9H2,2-3H3/b16-10+. The average Bonchev–Trinajstić information content (AvgIpc) is 3.07. The van der Waals surface area contributed by atoms with Gasteiger partial charge in [-0.3, -0.25) is 10.1 Å². The van der Waals surface area contributed by atoms with E-state index in [0.717, 1.165) is 0 Å². The maximum absolute atomic E-state index is 12.2. The summed E-state index contributed by atoms with van der Waals surface area (Å²) in [5.41, 5.74) is 1.51. The maximum atomic E-state index is 12.2. The molecule has 148 valence electrons. The molecule has 1 aliphatic heterocycles. The van der Waals surface area contributed by atoms with Gasteiger partial charge in [0.1, 0.15) is 6.61 Å². The van der Waals surface area contributed by atoms with Crippen molar-refractivity contribution in [3.8, 4) is 11.5 Å². The van der Waals surface area contributed by atoms with Crippen LogP contribution in [0, 0.1) is 17.0 Å². The number of aryl methyl sites for hydroxylation is 1. The molecule has 0 bridgehead atoms. The number of nitrogens with zero attached hydrogens (tertiary/aromatic N) is 2. The van der Waals surface area contributed by atoms with Crippen molar-refractivity contribution in [1.29, 1.82) is 0 Å². The van der Waals surface area contributed by atoms with Crippen LogP contribution in [-0.4, -0.2) is 30.5 Å². The van der Waals surface area contributed by atoms with E-state index in [1.807, 2.05) is 0 Å². The Labute approximate surface area is 166 Å². The van der Waals surface area contributed by atoms with Crippen LogP contribution in [0.25, 0.3) is 6.08 Å². The minimum absolute atomic E-state index is 0.0160. The van der Waals surface area contributed by atoms with E-state index in [0.29, 0.717) is 34.8 Å². The van der Waals surface area contributed by atoms with Gasteiger partial charge in [-0.25, -0.2) is 9.79 Å². The van der Waals surface area contributed by atoms with Crippen molar-refractivity contribution in [2.75, 3.05) is 13.7 Å². The van der Waals surface area contributed by atoms with E-state index in [1.165, 1.54) is 19.3 Å². The molecular formula is C21H18N2O6. The molecular weight excluding hydrogens is 376 g/mol. The third kappa shape index (κ3) is 4.32. The first-order valence-electron chi connectivity index (χ1n) is 8.62. The number of carbonyl (C=O) groups excluding carboxylic acids is 1. The van der Waals surface area contributed by atoms with Gasteiger partial charge in [0.25, 0.3) is 5.69 Å². The van der Waals surface area contributed by atoms with Crippen LogP contribution in [-0.2, 0) is 9.53 Å². The molecule has 0 amide bonds. The van der Waals surface area contributed by atoms with Gasteiger partial charge in [-0.2, -0.15) is 0 Å². The van der Waals surface area contributed by atoms with E-state index in [4.69, 9.17) is 14.2 Å². The van der Waals surface area contributed by atoms with Gasteiger partial charge in [-0.1, -0.05) is 24.8 Å². The van der Waals surface area contributed by atoms with Crippen molar-refractivity contribution in [2.24, 2.45) is 4.99 Å². The minimum Gasteiger partial charge on any atom is -0.493 e. The van der Waals surface area contributed by atoms with Crippen LogP contribution >= 0.6 is 0 Å². The Morgan fingerprint density at radius 2 is 2.03 bits per heavy atom. The Balaban J connectivity index is 1.92. The second-order valence-corrected chi connectivity index (χ2v) is 6.10. The van der Waals surface area contributed by atoms with E-state index in [1.54, 1.807) is 43.3 Å². The predicted octanol–water partition coefficient (Wildman–Crippen LogP) is 3.82. The fourth-order valence-electron chi connectivity index (χ4n) is 2.67. The lowest BCUT2D eigenvalue weighted by atomic mass is 10.1. The van der Waals surface area contributed by atoms with Crippen LogP contribution in [0.4, 0.5) is 5.69 Å². The number of nitro benzene ring substituents is 1. The van der Waals surface area contributed by atoms with Crippen molar-refractivity contribution in [1.82, 2.24) is 0 Å². The third-order valence-electron chi connectivity index (χ3n) is 4.12. The minimum atomic E-state index is -0.644. The first-order chi connectivity index (χ1) is 13.9. The van der Waals surface area contributed by atoms with Gasteiger partial charge in [-0.05, 0) is 36.8 Å². The molecule has 0 saturated carbocycles. The summed E-state index contributed by atoms with van der Waals surface area (Å²) >= 11 is 0. The average molecular weight is 394 g/mol. The Kier molecular flexibility index (Phi) is 5.73. The van der Waals surface area contributed by atoms with Gasteiger partial charge in [-0.15, -0.1) is 0 Å². The zero-order valence-electron chi connectivity index (χ0n) is 15.9. The van der Waals surface area contributed by atoms with Crippen molar-refractivity contribution >= 4 is 23.6 Å². The number of rotatable bonds is 7. The predicted molar refractivity (Wildman–Crippen MR) is 107 cm³/mol. The molecule has 29 heavy (non-hydrogen) atoms.